The van der Waals surface area contributed by atoms with E-state index in [4.69, 9.17) is 5.73 Å². The van der Waals surface area contributed by atoms with Crippen LogP contribution in [0.3, 0.4) is 0 Å². The molecule has 7 heteroatoms. The van der Waals surface area contributed by atoms with Crippen LogP contribution in [0, 0.1) is 12.8 Å². The number of fused-ring (bicyclic) bond motifs is 1. The number of nitrogens with two attached hydrogens (primary N) is 1. The highest BCUT2D eigenvalue weighted by molar-refractivity contribution is 6.22. The molecule has 1 aromatic carbocycles. The Kier molecular flexibility index (Phi) is 5.30. The lowest BCUT2D eigenvalue weighted by molar-refractivity contribution is -0.132. The van der Waals surface area contributed by atoms with Crippen molar-refractivity contribution in [2.24, 2.45) is 11.7 Å². The maximum Gasteiger partial charge on any atom is 0.262 e. The average molecular weight is 352 g/mol. The molecule has 2 aliphatic heterocycles. The van der Waals surface area contributed by atoms with Gasteiger partial charge in [-0.2, -0.15) is 0 Å². The summed E-state index contributed by atoms with van der Waals surface area (Å²) < 4.78 is 0. The Hall–Kier alpha value is -1.92. The summed E-state index contributed by atoms with van der Waals surface area (Å²) in [6, 6.07) is 5.24. The fourth-order valence-electron chi connectivity index (χ4n) is 3.43. The van der Waals surface area contributed by atoms with Gasteiger partial charge in [0.1, 0.15) is 6.54 Å². The highest BCUT2D eigenvalue weighted by atomic mass is 35.5. The number of hydrogen-bond acceptors (Lipinski definition) is 4. The molecule has 2 atom stereocenters. The Morgan fingerprint density at radius 3 is 2.54 bits per heavy atom. The summed E-state index contributed by atoms with van der Waals surface area (Å²) in [5.41, 5.74) is 7.36. The van der Waals surface area contributed by atoms with Crippen LogP contribution in [0.4, 0.5) is 0 Å². The first-order valence-electron chi connectivity index (χ1n) is 7.88. The van der Waals surface area contributed by atoms with Gasteiger partial charge in [0, 0.05) is 12.6 Å². The lowest BCUT2D eigenvalue weighted by atomic mass is 10.1. The van der Waals surface area contributed by atoms with Crippen molar-refractivity contribution in [1.82, 2.24) is 9.80 Å². The zero-order chi connectivity index (χ0) is 16.7. The van der Waals surface area contributed by atoms with Crippen molar-refractivity contribution in [1.29, 1.82) is 0 Å². The number of aryl methyl sites for hydroxylation is 1. The monoisotopic (exact) mass is 351 g/mol. The molecule has 2 N–H and O–H groups in total. The summed E-state index contributed by atoms with van der Waals surface area (Å²) in [6.07, 6.45) is 0.865. The van der Waals surface area contributed by atoms with E-state index in [1.54, 1.807) is 23.1 Å². The molecule has 0 saturated carbocycles. The second kappa shape index (κ2) is 6.91. The summed E-state index contributed by atoms with van der Waals surface area (Å²) >= 11 is 0. The lowest BCUT2D eigenvalue weighted by Crippen LogP contribution is -2.44. The Labute approximate surface area is 147 Å². The topological polar surface area (TPSA) is 83.7 Å². The second-order valence-corrected chi connectivity index (χ2v) is 6.48. The van der Waals surface area contributed by atoms with Crippen molar-refractivity contribution in [2.75, 3.05) is 19.6 Å². The molecule has 24 heavy (non-hydrogen) atoms. The fraction of sp³-hybridized carbons (Fsp3) is 0.471. The minimum absolute atomic E-state index is 0. The summed E-state index contributed by atoms with van der Waals surface area (Å²) in [6.45, 7) is 4.77. The molecule has 3 rings (SSSR count). The molecular formula is C17H22ClN3O3. The van der Waals surface area contributed by atoms with Crippen LogP contribution in [0.15, 0.2) is 18.2 Å². The van der Waals surface area contributed by atoms with E-state index in [0.29, 0.717) is 30.1 Å². The minimum atomic E-state index is -0.388. The molecule has 0 bridgehead atoms. The van der Waals surface area contributed by atoms with Gasteiger partial charge in [0.15, 0.2) is 0 Å². The Morgan fingerprint density at radius 1 is 1.25 bits per heavy atom. The van der Waals surface area contributed by atoms with Crippen LogP contribution in [0.1, 0.15) is 39.6 Å². The zero-order valence-electron chi connectivity index (χ0n) is 13.8. The van der Waals surface area contributed by atoms with Crippen LogP contribution in [-0.4, -0.2) is 53.2 Å². The van der Waals surface area contributed by atoms with Crippen molar-refractivity contribution >= 4 is 30.1 Å². The second-order valence-electron chi connectivity index (χ2n) is 6.48. The summed E-state index contributed by atoms with van der Waals surface area (Å²) in [7, 11) is 0. The summed E-state index contributed by atoms with van der Waals surface area (Å²) in [5.74, 6) is -0.677. The number of nitrogens with zero attached hydrogens (tertiary/aromatic N) is 2. The van der Waals surface area contributed by atoms with Crippen LogP contribution in [0.5, 0.6) is 0 Å². The maximum absolute atomic E-state index is 12.5. The highest BCUT2D eigenvalue weighted by Gasteiger charge is 2.39. The highest BCUT2D eigenvalue weighted by Crippen LogP contribution is 2.26. The minimum Gasteiger partial charge on any atom is -0.338 e. The van der Waals surface area contributed by atoms with Crippen molar-refractivity contribution in [2.45, 2.75) is 26.3 Å². The molecule has 6 nitrogen and oxygen atoms in total. The first kappa shape index (κ1) is 18.4. The van der Waals surface area contributed by atoms with Crippen LogP contribution >= 0.6 is 12.4 Å². The quantitative estimate of drug-likeness (QED) is 0.830. The van der Waals surface area contributed by atoms with E-state index in [1.165, 1.54) is 0 Å². The van der Waals surface area contributed by atoms with Gasteiger partial charge < -0.3 is 10.6 Å². The molecule has 3 amide bonds. The molecule has 2 aliphatic rings. The van der Waals surface area contributed by atoms with Gasteiger partial charge in [0.25, 0.3) is 11.8 Å². The first-order chi connectivity index (χ1) is 10.9. The van der Waals surface area contributed by atoms with Gasteiger partial charge in [-0.15, -0.1) is 12.4 Å². The largest absolute Gasteiger partial charge is 0.338 e. The first-order valence-corrected chi connectivity index (χ1v) is 7.88. The third-order valence-corrected chi connectivity index (χ3v) is 4.73. The van der Waals surface area contributed by atoms with Gasteiger partial charge in [-0.3, -0.25) is 19.3 Å². The number of carbonyl (C=O) groups excluding carboxylic acids is 3. The number of halogens is 1. The number of amides is 3. The van der Waals surface area contributed by atoms with E-state index < -0.39 is 0 Å². The van der Waals surface area contributed by atoms with Gasteiger partial charge in [-0.25, -0.2) is 0 Å². The number of imide groups is 1. The van der Waals surface area contributed by atoms with Gasteiger partial charge in [0.2, 0.25) is 5.91 Å². The van der Waals surface area contributed by atoms with E-state index in [0.717, 1.165) is 16.9 Å². The smallest absolute Gasteiger partial charge is 0.262 e. The van der Waals surface area contributed by atoms with E-state index in [-0.39, 0.29) is 42.7 Å². The molecule has 0 aromatic heterocycles. The van der Waals surface area contributed by atoms with E-state index in [9.17, 15) is 14.4 Å². The van der Waals surface area contributed by atoms with Crippen molar-refractivity contribution in [3.63, 3.8) is 0 Å². The zero-order valence-corrected chi connectivity index (χ0v) is 14.6. The SMILES string of the molecule is Cc1ccc2c(c1)C(=O)N(CC(=O)N1CC(CN)CC1C)C2=O.Cl. The predicted molar refractivity (Wildman–Crippen MR) is 92.1 cm³/mol. The van der Waals surface area contributed by atoms with Crippen LogP contribution in [0.25, 0.3) is 0 Å². The average Bonchev–Trinajstić information content (AvgIpc) is 3.01. The van der Waals surface area contributed by atoms with E-state index >= 15 is 0 Å². The molecule has 0 aliphatic carbocycles. The summed E-state index contributed by atoms with van der Waals surface area (Å²) in [4.78, 5) is 40.1. The Morgan fingerprint density at radius 2 is 1.92 bits per heavy atom. The van der Waals surface area contributed by atoms with Crippen LogP contribution in [0.2, 0.25) is 0 Å². The third kappa shape index (κ3) is 3.03. The molecule has 0 radical (unpaired) electrons. The molecule has 2 heterocycles. The van der Waals surface area contributed by atoms with Gasteiger partial charge >= 0.3 is 0 Å². The number of hydrogen-bond donors (Lipinski definition) is 1. The molecule has 1 fully saturated rings. The van der Waals surface area contributed by atoms with Crippen molar-refractivity contribution in [3.05, 3.63) is 34.9 Å². The maximum atomic E-state index is 12.5. The lowest BCUT2D eigenvalue weighted by Gasteiger charge is -2.24. The van der Waals surface area contributed by atoms with Gasteiger partial charge in [-0.1, -0.05) is 11.6 Å². The Balaban J connectivity index is 0.00000208. The molecule has 1 aromatic rings. The Bertz CT molecular complexity index is 692. The summed E-state index contributed by atoms with van der Waals surface area (Å²) in [5, 5.41) is 0. The van der Waals surface area contributed by atoms with Crippen LogP contribution in [-0.2, 0) is 4.79 Å². The van der Waals surface area contributed by atoms with Crippen molar-refractivity contribution < 1.29 is 14.4 Å². The van der Waals surface area contributed by atoms with E-state index in [2.05, 4.69) is 0 Å². The number of benzene rings is 1. The van der Waals surface area contributed by atoms with Crippen LogP contribution < -0.4 is 5.73 Å². The molecule has 130 valence electrons. The predicted octanol–water partition coefficient (Wildman–Crippen LogP) is 1.21. The normalized spacial score (nSPS) is 22.6. The standard InChI is InChI=1S/C17H21N3O3.ClH/c1-10-3-4-13-14(5-10)17(23)20(16(13)22)9-15(21)19-8-12(7-18)6-11(19)2;/h3-5,11-12H,6-9,18H2,1-2H3;1H. The van der Waals surface area contributed by atoms with Gasteiger partial charge in [0.05, 0.1) is 11.1 Å². The van der Waals surface area contributed by atoms with Crippen molar-refractivity contribution in [3.8, 4) is 0 Å². The number of rotatable bonds is 3. The molecular weight excluding hydrogens is 330 g/mol. The number of carbonyl (C=O) groups is 3. The molecule has 1 saturated heterocycles. The fourth-order valence-corrected chi connectivity index (χ4v) is 3.43. The number of likely N-dealkylation sites (tertiary alicyclic amines) is 1. The van der Waals surface area contributed by atoms with Gasteiger partial charge in [-0.05, 0) is 44.9 Å². The third-order valence-electron chi connectivity index (χ3n) is 4.73. The van der Waals surface area contributed by atoms with E-state index in [1.807, 2.05) is 13.8 Å². The molecule has 2 unspecified atom stereocenters. The molecule has 0 spiro atoms.